The van der Waals surface area contributed by atoms with Gasteiger partial charge in [0, 0.05) is 16.3 Å². The zero-order valence-electron chi connectivity index (χ0n) is 15.0. The van der Waals surface area contributed by atoms with Gasteiger partial charge in [0.2, 0.25) is 5.91 Å². The summed E-state index contributed by atoms with van der Waals surface area (Å²) in [4.78, 5) is 38.0. The van der Waals surface area contributed by atoms with Crippen LogP contribution < -0.4 is 10.6 Å². The number of urea groups is 1. The lowest BCUT2D eigenvalue weighted by Crippen LogP contribution is -2.42. The molecule has 0 radical (unpaired) electrons. The summed E-state index contributed by atoms with van der Waals surface area (Å²) in [6, 6.07) is 6.56. The van der Waals surface area contributed by atoms with E-state index in [1.54, 1.807) is 25.1 Å². The number of aryl methyl sites for hydroxylation is 1. The molecule has 1 fully saturated rings. The molecule has 2 aromatic rings. The van der Waals surface area contributed by atoms with Crippen molar-refractivity contribution in [3.63, 3.8) is 0 Å². The quantitative estimate of drug-likeness (QED) is 0.763. The van der Waals surface area contributed by atoms with Gasteiger partial charge in [0.15, 0.2) is 0 Å². The summed E-state index contributed by atoms with van der Waals surface area (Å²) in [5.74, 6) is -3.09. The predicted octanol–water partition coefficient (Wildman–Crippen LogP) is 3.33. The molecule has 0 aliphatic carbocycles. The normalized spacial score (nSPS) is 19.0. The lowest BCUT2D eigenvalue weighted by molar-refractivity contribution is -0.133. The van der Waals surface area contributed by atoms with Gasteiger partial charge < -0.3 is 10.6 Å². The zero-order chi connectivity index (χ0) is 20.6. The van der Waals surface area contributed by atoms with Gasteiger partial charge in [-0.1, -0.05) is 11.6 Å². The van der Waals surface area contributed by atoms with E-state index >= 15 is 0 Å². The highest BCUT2D eigenvalue weighted by Gasteiger charge is 2.50. The second-order valence-corrected chi connectivity index (χ2v) is 7.01. The van der Waals surface area contributed by atoms with Crippen LogP contribution in [-0.4, -0.2) is 29.3 Å². The Bertz CT molecular complexity index is 998. The van der Waals surface area contributed by atoms with Crippen molar-refractivity contribution in [1.29, 1.82) is 0 Å². The van der Waals surface area contributed by atoms with E-state index in [0.717, 1.165) is 18.2 Å². The van der Waals surface area contributed by atoms with E-state index in [0.29, 0.717) is 21.2 Å². The Morgan fingerprint density at radius 2 is 1.93 bits per heavy atom. The molecular formula is C19H16ClF2N3O3. The number of carbonyl (C=O) groups is 3. The van der Waals surface area contributed by atoms with Crippen LogP contribution in [0.3, 0.4) is 0 Å². The minimum Gasteiger partial charge on any atom is -0.324 e. The summed E-state index contributed by atoms with van der Waals surface area (Å²) >= 11 is 5.87. The summed E-state index contributed by atoms with van der Waals surface area (Å²) in [5.41, 5.74) is -0.966. The summed E-state index contributed by atoms with van der Waals surface area (Å²) in [5, 5.41) is 5.42. The number of benzene rings is 2. The number of nitrogens with one attached hydrogen (secondary N) is 2. The van der Waals surface area contributed by atoms with Gasteiger partial charge in [0.1, 0.15) is 23.7 Å². The third-order valence-electron chi connectivity index (χ3n) is 4.51. The Hall–Kier alpha value is -3.00. The minimum atomic E-state index is -1.82. The first-order chi connectivity index (χ1) is 13.1. The summed E-state index contributed by atoms with van der Waals surface area (Å²) < 4.78 is 27.7. The average Bonchev–Trinajstić information content (AvgIpc) is 2.83. The largest absolute Gasteiger partial charge is 0.325 e. The first kappa shape index (κ1) is 19.8. The zero-order valence-corrected chi connectivity index (χ0v) is 15.7. The van der Waals surface area contributed by atoms with Crippen LogP contribution in [0.15, 0.2) is 36.4 Å². The van der Waals surface area contributed by atoms with Crippen LogP contribution in [0.4, 0.5) is 19.3 Å². The van der Waals surface area contributed by atoms with Crippen molar-refractivity contribution in [1.82, 2.24) is 10.2 Å². The van der Waals surface area contributed by atoms with Crippen molar-refractivity contribution < 1.29 is 23.2 Å². The molecule has 4 amide bonds. The fourth-order valence-corrected chi connectivity index (χ4v) is 3.23. The van der Waals surface area contributed by atoms with E-state index in [1.807, 2.05) is 0 Å². The summed E-state index contributed by atoms with van der Waals surface area (Å²) in [6.07, 6.45) is 0. The number of hydrogen-bond acceptors (Lipinski definition) is 3. The molecule has 0 unspecified atom stereocenters. The minimum absolute atomic E-state index is 0.317. The van der Waals surface area contributed by atoms with E-state index in [4.69, 9.17) is 11.6 Å². The van der Waals surface area contributed by atoms with Crippen LogP contribution in [0.25, 0.3) is 0 Å². The molecule has 2 N–H and O–H groups in total. The van der Waals surface area contributed by atoms with Crippen LogP contribution in [-0.2, 0) is 15.1 Å². The number of amides is 4. The van der Waals surface area contributed by atoms with Gasteiger partial charge in [-0.25, -0.2) is 13.6 Å². The Labute approximate surface area is 164 Å². The Kier molecular flexibility index (Phi) is 5.08. The Balaban J connectivity index is 1.80. The van der Waals surface area contributed by atoms with Gasteiger partial charge >= 0.3 is 6.03 Å². The van der Waals surface area contributed by atoms with E-state index in [-0.39, 0.29) is 5.56 Å². The third kappa shape index (κ3) is 3.55. The highest BCUT2D eigenvalue weighted by atomic mass is 35.5. The van der Waals surface area contributed by atoms with Gasteiger partial charge in [-0.15, -0.1) is 0 Å². The third-order valence-corrected chi connectivity index (χ3v) is 4.74. The number of nitrogens with zero attached hydrogens (tertiary/aromatic N) is 1. The van der Waals surface area contributed by atoms with Gasteiger partial charge in [0.05, 0.1) is 0 Å². The molecule has 6 nitrogen and oxygen atoms in total. The Morgan fingerprint density at radius 1 is 1.21 bits per heavy atom. The smallest absolute Gasteiger partial charge is 0.324 e. The number of rotatable bonds is 4. The average molecular weight is 408 g/mol. The number of carbonyl (C=O) groups excluding carboxylic acids is 3. The van der Waals surface area contributed by atoms with Crippen molar-refractivity contribution in [3.8, 4) is 0 Å². The molecule has 9 heteroatoms. The standard InChI is InChI=1S/C19H16ClF2N3O3/c1-10-7-11(20)3-6-15(10)23-16(26)9-25-17(27)19(2,24-18(25)28)13-8-12(21)4-5-14(13)22/h3-8H,9H2,1-2H3,(H,23,26)(H,24,28)/t19-/m0/s1. The van der Waals surface area contributed by atoms with E-state index in [9.17, 15) is 23.2 Å². The number of imide groups is 1. The maximum absolute atomic E-state index is 14.1. The van der Waals surface area contributed by atoms with Gasteiger partial charge in [-0.2, -0.15) is 0 Å². The summed E-state index contributed by atoms with van der Waals surface area (Å²) in [6.45, 7) is 2.41. The lowest BCUT2D eigenvalue weighted by Gasteiger charge is -2.22. The summed E-state index contributed by atoms with van der Waals surface area (Å²) in [7, 11) is 0. The molecule has 1 atom stereocenters. The SMILES string of the molecule is Cc1cc(Cl)ccc1NC(=O)CN1C(=O)N[C@@](C)(c2cc(F)ccc2F)C1=O. The molecule has 1 heterocycles. The first-order valence-corrected chi connectivity index (χ1v) is 8.65. The van der Waals surface area contributed by atoms with Crippen LogP contribution in [0.2, 0.25) is 5.02 Å². The maximum atomic E-state index is 14.1. The molecule has 0 saturated carbocycles. The molecule has 1 aliphatic heterocycles. The molecular weight excluding hydrogens is 392 g/mol. The van der Waals surface area contributed by atoms with Crippen molar-refractivity contribution in [2.75, 3.05) is 11.9 Å². The van der Waals surface area contributed by atoms with Crippen LogP contribution in [0.5, 0.6) is 0 Å². The first-order valence-electron chi connectivity index (χ1n) is 8.27. The monoisotopic (exact) mass is 407 g/mol. The van der Waals surface area contributed by atoms with Crippen LogP contribution in [0.1, 0.15) is 18.1 Å². The van der Waals surface area contributed by atoms with Crippen molar-refractivity contribution in [2.24, 2.45) is 0 Å². The number of halogens is 3. The lowest BCUT2D eigenvalue weighted by atomic mass is 9.91. The fraction of sp³-hybridized carbons (Fsp3) is 0.211. The molecule has 0 spiro atoms. The predicted molar refractivity (Wildman–Crippen MR) is 98.8 cm³/mol. The molecule has 1 aliphatic rings. The highest BCUT2D eigenvalue weighted by Crippen LogP contribution is 2.31. The molecule has 0 aromatic heterocycles. The fourth-order valence-electron chi connectivity index (χ4n) is 3.00. The van der Waals surface area contributed by atoms with Crippen LogP contribution in [0, 0.1) is 18.6 Å². The Morgan fingerprint density at radius 3 is 2.61 bits per heavy atom. The highest BCUT2D eigenvalue weighted by molar-refractivity contribution is 6.30. The molecule has 146 valence electrons. The van der Waals surface area contributed by atoms with Crippen LogP contribution >= 0.6 is 11.6 Å². The van der Waals surface area contributed by atoms with E-state index in [1.165, 1.54) is 6.92 Å². The van der Waals surface area contributed by atoms with E-state index in [2.05, 4.69) is 10.6 Å². The number of hydrogen-bond donors (Lipinski definition) is 2. The van der Waals surface area contributed by atoms with E-state index < -0.39 is 41.6 Å². The molecule has 0 bridgehead atoms. The molecule has 1 saturated heterocycles. The second kappa shape index (κ2) is 7.20. The van der Waals surface area contributed by atoms with Crippen molar-refractivity contribution in [2.45, 2.75) is 19.4 Å². The van der Waals surface area contributed by atoms with Gasteiger partial charge in [0.25, 0.3) is 5.91 Å². The van der Waals surface area contributed by atoms with Gasteiger partial charge in [-0.05, 0) is 55.8 Å². The number of anilines is 1. The van der Waals surface area contributed by atoms with Crippen molar-refractivity contribution in [3.05, 3.63) is 64.2 Å². The second-order valence-electron chi connectivity index (χ2n) is 6.58. The van der Waals surface area contributed by atoms with Gasteiger partial charge in [-0.3, -0.25) is 14.5 Å². The molecule has 28 heavy (non-hydrogen) atoms. The molecule has 2 aromatic carbocycles. The van der Waals surface area contributed by atoms with Crippen molar-refractivity contribution >= 4 is 35.1 Å². The maximum Gasteiger partial charge on any atom is 0.325 e. The molecule has 3 rings (SSSR count). The topological polar surface area (TPSA) is 78.5 Å².